The van der Waals surface area contributed by atoms with Crippen LogP contribution in [0.5, 0.6) is 5.75 Å². The van der Waals surface area contributed by atoms with Gasteiger partial charge in [-0.1, -0.05) is 12.1 Å². The first kappa shape index (κ1) is 30.7. The number of phenolic OH excluding ortho intramolecular Hbond substituents is 1. The van der Waals surface area contributed by atoms with Crippen molar-refractivity contribution in [3.05, 3.63) is 29.8 Å². The van der Waals surface area contributed by atoms with Gasteiger partial charge in [-0.3, -0.25) is 19.2 Å². The second-order valence-corrected chi connectivity index (χ2v) is 8.50. The molecule has 11 N–H and O–H groups in total. The molecule has 0 bridgehead atoms. The number of hydrogen-bond donors (Lipinski definition) is 9. The van der Waals surface area contributed by atoms with E-state index in [2.05, 4.69) is 28.6 Å². The number of carbonyl (C=O) groups is 5. The predicted octanol–water partition coefficient (Wildman–Crippen LogP) is -2.26. The minimum Gasteiger partial charge on any atom is -0.508 e. The third-order valence-electron chi connectivity index (χ3n) is 5.14. The van der Waals surface area contributed by atoms with Crippen molar-refractivity contribution in [3.8, 4) is 5.75 Å². The summed E-state index contributed by atoms with van der Waals surface area (Å²) < 4.78 is 0. The van der Waals surface area contributed by atoms with E-state index in [0.29, 0.717) is 24.9 Å². The van der Waals surface area contributed by atoms with Crippen LogP contribution in [0.25, 0.3) is 0 Å². The number of carboxylic acid groups (broad SMARTS) is 1. The Labute approximate surface area is 213 Å². The maximum atomic E-state index is 13.0. The van der Waals surface area contributed by atoms with E-state index in [-0.39, 0.29) is 24.3 Å². The molecule has 0 aliphatic rings. The molecule has 0 saturated carbocycles. The van der Waals surface area contributed by atoms with Crippen molar-refractivity contribution in [2.24, 2.45) is 17.2 Å². The minimum absolute atomic E-state index is 0.0620. The van der Waals surface area contributed by atoms with Crippen LogP contribution in [-0.4, -0.2) is 76.3 Å². The predicted molar refractivity (Wildman–Crippen MR) is 134 cm³/mol. The lowest BCUT2D eigenvalue weighted by atomic mass is 10.0. The summed E-state index contributed by atoms with van der Waals surface area (Å²) in [6.07, 6.45) is 0.735. The third kappa shape index (κ3) is 10.9. The maximum Gasteiger partial charge on any atom is 0.327 e. The van der Waals surface area contributed by atoms with Gasteiger partial charge >= 0.3 is 5.97 Å². The number of primary amides is 1. The van der Waals surface area contributed by atoms with Crippen molar-refractivity contribution in [2.45, 2.75) is 56.3 Å². The molecule has 0 fully saturated rings. The topological polar surface area (TPSA) is 240 Å². The van der Waals surface area contributed by atoms with Crippen molar-refractivity contribution in [3.63, 3.8) is 0 Å². The van der Waals surface area contributed by atoms with Crippen molar-refractivity contribution in [1.29, 1.82) is 0 Å². The molecule has 0 heterocycles. The molecular weight excluding hydrogens is 492 g/mol. The number of aliphatic carboxylic acids is 1. The number of amides is 4. The molecule has 0 aromatic heterocycles. The first-order valence-corrected chi connectivity index (χ1v) is 11.9. The largest absolute Gasteiger partial charge is 0.508 e. The number of aromatic hydroxyl groups is 1. The number of rotatable bonds is 16. The van der Waals surface area contributed by atoms with Gasteiger partial charge in [-0.25, -0.2) is 4.79 Å². The van der Waals surface area contributed by atoms with Gasteiger partial charge in [0, 0.05) is 5.75 Å². The summed E-state index contributed by atoms with van der Waals surface area (Å²) in [5.41, 5.74) is 17.4. The Morgan fingerprint density at radius 2 is 1.44 bits per heavy atom. The van der Waals surface area contributed by atoms with E-state index in [1.807, 2.05) is 0 Å². The average Bonchev–Trinajstić information content (AvgIpc) is 2.82. The van der Waals surface area contributed by atoms with Crippen LogP contribution in [0.3, 0.4) is 0 Å². The number of phenols is 1. The summed E-state index contributed by atoms with van der Waals surface area (Å²) in [6, 6.07) is 1.16. The van der Waals surface area contributed by atoms with Crippen LogP contribution < -0.4 is 33.2 Å². The van der Waals surface area contributed by atoms with Crippen LogP contribution in [0.15, 0.2) is 24.3 Å². The zero-order chi connectivity index (χ0) is 27.3. The molecule has 0 radical (unpaired) electrons. The minimum atomic E-state index is -1.48. The lowest BCUT2D eigenvalue weighted by molar-refractivity contribution is -0.141. The quantitative estimate of drug-likeness (QED) is 0.0832. The summed E-state index contributed by atoms with van der Waals surface area (Å²) in [5, 5.41) is 25.6. The zero-order valence-electron chi connectivity index (χ0n) is 19.7. The molecule has 1 rings (SSSR count). The number of benzene rings is 1. The first-order valence-electron chi connectivity index (χ1n) is 11.2. The Morgan fingerprint density at radius 3 is 1.97 bits per heavy atom. The van der Waals surface area contributed by atoms with Crippen LogP contribution in [-0.2, 0) is 30.4 Å². The normalized spacial score (nSPS) is 14.1. The summed E-state index contributed by atoms with van der Waals surface area (Å²) in [6.45, 7) is 0.357. The lowest BCUT2D eigenvalue weighted by Crippen LogP contribution is -2.58. The number of nitrogens with one attached hydrogen (secondary N) is 3. The summed E-state index contributed by atoms with van der Waals surface area (Å²) in [4.78, 5) is 60.9. The lowest BCUT2D eigenvalue weighted by Gasteiger charge is -2.24. The van der Waals surface area contributed by atoms with Crippen LogP contribution >= 0.6 is 12.6 Å². The molecular formula is C22H34N6O7S. The fraction of sp³-hybridized carbons (Fsp3) is 0.500. The van der Waals surface area contributed by atoms with Crippen molar-refractivity contribution < 1.29 is 34.2 Å². The highest BCUT2D eigenvalue weighted by Gasteiger charge is 2.30. The third-order valence-corrected chi connectivity index (χ3v) is 5.51. The molecule has 1 aromatic rings. The first-order chi connectivity index (χ1) is 17.0. The molecule has 200 valence electrons. The van der Waals surface area contributed by atoms with Gasteiger partial charge in [0.1, 0.15) is 23.9 Å². The summed E-state index contributed by atoms with van der Waals surface area (Å²) in [7, 11) is 0. The Hall–Kier alpha value is -3.36. The van der Waals surface area contributed by atoms with Gasteiger partial charge in [-0.2, -0.15) is 12.6 Å². The van der Waals surface area contributed by atoms with Crippen LogP contribution in [0, 0.1) is 0 Å². The van der Waals surface area contributed by atoms with Crippen molar-refractivity contribution in [1.82, 2.24) is 16.0 Å². The Balaban J connectivity index is 2.95. The number of carbonyl (C=O) groups excluding carboxylic acids is 4. The molecule has 1 aromatic carbocycles. The number of nitrogens with two attached hydrogens (primary N) is 3. The monoisotopic (exact) mass is 526 g/mol. The highest BCUT2D eigenvalue weighted by atomic mass is 32.1. The molecule has 0 aliphatic carbocycles. The number of unbranched alkanes of at least 4 members (excludes halogenated alkanes) is 1. The summed E-state index contributed by atoms with van der Waals surface area (Å²) >= 11 is 3.86. The van der Waals surface area contributed by atoms with Crippen LogP contribution in [0.2, 0.25) is 0 Å². The Morgan fingerprint density at radius 1 is 0.889 bits per heavy atom. The van der Waals surface area contributed by atoms with Gasteiger partial charge in [0.25, 0.3) is 0 Å². The SMILES string of the molecule is NCCCCC(NC(=O)C(N)Cc1ccc(O)cc1)C(=O)NC(CC(N)=O)C(=O)NC(CS)C(=O)O. The highest BCUT2D eigenvalue weighted by Crippen LogP contribution is 2.11. The Kier molecular flexibility index (Phi) is 13.3. The molecule has 0 saturated heterocycles. The van der Waals surface area contributed by atoms with E-state index in [1.165, 1.54) is 12.1 Å². The standard InChI is InChI=1S/C22H34N6O7S/c23-8-2-1-3-15(26-19(31)14(24)9-12-4-6-13(29)7-5-12)20(32)27-16(10-18(25)30)21(33)28-17(11-36)22(34)35/h4-7,14-17,29,36H,1-3,8-11,23-24H2,(H2,25,30)(H,26,31)(H,27,32)(H,28,33)(H,34,35). The van der Waals surface area contributed by atoms with Gasteiger partial charge in [0.15, 0.2) is 0 Å². The molecule has 4 amide bonds. The fourth-order valence-electron chi connectivity index (χ4n) is 3.16. The van der Waals surface area contributed by atoms with Crippen LogP contribution in [0.4, 0.5) is 0 Å². The molecule has 4 atom stereocenters. The second-order valence-electron chi connectivity index (χ2n) is 8.14. The summed E-state index contributed by atoms with van der Waals surface area (Å²) in [5.74, 6) is -4.78. The van der Waals surface area contributed by atoms with E-state index in [1.54, 1.807) is 12.1 Å². The van der Waals surface area contributed by atoms with Crippen molar-refractivity contribution >= 4 is 42.2 Å². The van der Waals surface area contributed by atoms with Gasteiger partial charge < -0.3 is 43.4 Å². The van der Waals surface area contributed by atoms with E-state index < -0.39 is 60.2 Å². The molecule has 4 unspecified atom stereocenters. The smallest absolute Gasteiger partial charge is 0.327 e. The molecule has 13 nitrogen and oxygen atoms in total. The fourth-order valence-corrected chi connectivity index (χ4v) is 3.41. The van der Waals surface area contributed by atoms with Gasteiger partial charge in [-0.05, 0) is 49.9 Å². The van der Waals surface area contributed by atoms with E-state index in [0.717, 1.165) is 0 Å². The van der Waals surface area contributed by atoms with E-state index in [9.17, 15) is 29.1 Å². The van der Waals surface area contributed by atoms with Gasteiger partial charge in [-0.15, -0.1) is 0 Å². The number of thiol groups is 1. The highest BCUT2D eigenvalue weighted by molar-refractivity contribution is 7.80. The van der Waals surface area contributed by atoms with Gasteiger partial charge in [0.2, 0.25) is 23.6 Å². The van der Waals surface area contributed by atoms with E-state index in [4.69, 9.17) is 22.3 Å². The average molecular weight is 527 g/mol. The molecule has 0 spiro atoms. The van der Waals surface area contributed by atoms with Gasteiger partial charge in [0.05, 0.1) is 12.5 Å². The molecule has 0 aliphatic heterocycles. The van der Waals surface area contributed by atoms with Crippen molar-refractivity contribution in [2.75, 3.05) is 12.3 Å². The number of carboxylic acids is 1. The Bertz CT molecular complexity index is 915. The molecule has 36 heavy (non-hydrogen) atoms. The maximum absolute atomic E-state index is 13.0. The molecule has 14 heteroatoms. The van der Waals surface area contributed by atoms with E-state index >= 15 is 0 Å². The number of hydrogen-bond acceptors (Lipinski definition) is 9. The van der Waals surface area contributed by atoms with Crippen LogP contribution in [0.1, 0.15) is 31.2 Å². The second kappa shape index (κ2) is 15.6. The zero-order valence-corrected chi connectivity index (χ0v) is 20.6.